The summed E-state index contributed by atoms with van der Waals surface area (Å²) in [6.07, 6.45) is 9.52. The van der Waals surface area contributed by atoms with Crippen molar-refractivity contribution in [2.45, 2.75) is 56.9 Å². The van der Waals surface area contributed by atoms with Crippen LogP contribution in [0, 0.1) is 23.3 Å². The number of ether oxygens (including phenoxy) is 2. The van der Waals surface area contributed by atoms with Crippen molar-refractivity contribution in [3.05, 3.63) is 118 Å². The van der Waals surface area contributed by atoms with Gasteiger partial charge in [-0.1, -0.05) is 12.1 Å². The second-order valence-corrected chi connectivity index (χ2v) is 11.3. The fourth-order valence-corrected chi connectivity index (χ4v) is 4.57. The quantitative estimate of drug-likeness (QED) is 0.128. The fourth-order valence-electron chi connectivity index (χ4n) is 4.47. The number of carbonyl (C=O) groups excluding carboxylic acids is 2. The maximum absolute atomic E-state index is 13.4. The maximum Gasteiger partial charge on any atom is 0.341 e. The summed E-state index contributed by atoms with van der Waals surface area (Å²) in [5, 5.41) is 0.114. The predicted molar refractivity (Wildman–Crippen MR) is 163 cm³/mol. The molecule has 47 heavy (non-hydrogen) atoms. The highest BCUT2D eigenvalue weighted by molar-refractivity contribution is 6.28. The van der Waals surface area contributed by atoms with E-state index in [0.717, 1.165) is 43.4 Å². The van der Waals surface area contributed by atoms with E-state index in [-0.39, 0.29) is 16.2 Å². The van der Waals surface area contributed by atoms with Crippen molar-refractivity contribution in [3.8, 4) is 0 Å². The zero-order chi connectivity index (χ0) is 34.2. The number of rotatable bonds is 8. The minimum atomic E-state index is -0.848. The van der Waals surface area contributed by atoms with Crippen LogP contribution in [0.1, 0.15) is 77.2 Å². The normalized spacial score (nSPS) is 14.8. The number of hydrogen-bond donors (Lipinski definition) is 1. The van der Waals surface area contributed by atoms with Gasteiger partial charge in [0.15, 0.2) is 23.3 Å². The highest BCUT2D eigenvalue weighted by Crippen LogP contribution is 2.50. The molecule has 0 unspecified atom stereocenters. The Morgan fingerprint density at radius 1 is 0.723 bits per heavy atom. The molecule has 2 saturated carbocycles. The first-order chi connectivity index (χ1) is 22.4. The van der Waals surface area contributed by atoms with Crippen molar-refractivity contribution < 1.29 is 36.6 Å². The van der Waals surface area contributed by atoms with Gasteiger partial charge in [-0.2, -0.15) is 0 Å². The first kappa shape index (κ1) is 35.4. The van der Waals surface area contributed by atoms with Crippen molar-refractivity contribution in [3.63, 3.8) is 0 Å². The molecule has 248 valence electrons. The summed E-state index contributed by atoms with van der Waals surface area (Å²) in [7, 11) is 0. The molecule has 9 nitrogen and oxygen atoms in total. The Kier molecular flexibility index (Phi) is 11.6. The lowest BCUT2D eigenvalue weighted by atomic mass is 9.92. The zero-order valence-corrected chi connectivity index (χ0v) is 26.4. The van der Waals surface area contributed by atoms with Gasteiger partial charge in [0.05, 0.1) is 24.3 Å². The van der Waals surface area contributed by atoms with E-state index in [1.807, 2.05) is 0 Å². The van der Waals surface area contributed by atoms with E-state index in [4.69, 9.17) is 26.8 Å². The van der Waals surface area contributed by atoms with Crippen molar-refractivity contribution in [1.82, 2.24) is 19.9 Å². The first-order valence-electron chi connectivity index (χ1n) is 14.7. The van der Waals surface area contributed by atoms with Crippen LogP contribution in [0.2, 0.25) is 5.28 Å². The molecule has 14 heteroatoms. The van der Waals surface area contributed by atoms with Gasteiger partial charge in [-0.15, -0.1) is 0 Å². The average molecular weight is 674 g/mol. The number of hydrogen-bond acceptors (Lipinski definition) is 9. The van der Waals surface area contributed by atoms with Gasteiger partial charge in [0.2, 0.25) is 5.28 Å². The van der Waals surface area contributed by atoms with Crippen molar-refractivity contribution in [2.24, 2.45) is 5.73 Å². The van der Waals surface area contributed by atoms with Gasteiger partial charge < -0.3 is 15.2 Å². The van der Waals surface area contributed by atoms with E-state index in [0.29, 0.717) is 42.1 Å². The van der Waals surface area contributed by atoms with Crippen molar-refractivity contribution in [1.29, 1.82) is 0 Å². The first-order valence-corrected chi connectivity index (χ1v) is 15.1. The number of nitrogens with zero attached hydrogens (tertiary/aromatic N) is 4. The molecular weight excluding hydrogens is 642 g/mol. The Balaban J connectivity index is 0.000000176. The summed E-state index contributed by atoms with van der Waals surface area (Å²) in [5.74, 6) is -3.64. The molecule has 0 aliphatic heterocycles. The number of esters is 2. The number of nitrogens with two attached hydrogens (primary N) is 1. The molecule has 4 aromatic rings. The van der Waals surface area contributed by atoms with E-state index in [1.165, 1.54) is 36.9 Å². The molecular formula is C33H32ClF4N5O4. The lowest BCUT2D eigenvalue weighted by Crippen LogP contribution is -2.18. The number of halogens is 5. The minimum absolute atomic E-state index is 0.114. The molecule has 2 N–H and O–H groups in total. The Labute approximate surface area is 273 Å². The Bertz CT molecular complexity index is 1700. The van der Waals surface area contributed by atoms with Crippen LogP contribution in [0.3, 0.4) is 0 Å². The monoisotopic (exact) mass is 673 g/mol. The average Bonchev–Trinajstić information content (AvgIpc) is 4.00. The smallest absolute Gasteiger partial charge is 0.341 e. The highest BCUT2D eigenvalue weighted by atomic mass is 35.5. The van der Waals surface area contributed by atoms with E-state index in [9.17, 15) is 27.2 Å². The van der Waals surface area contributed by atoms with E-state index < -0.39 is 35.2 Å². The van der Waals surface area contributed by atoms with E-state index >= 15 is 0 Å². The molecule has 2 aliphatic carbocycles. The van der Waals surface area contributed by atoms with Crippen LogP contribution >= 0.6 is 11.6 Å². The van der Waals surface area contributed by atoms with Crippen LogP contribution in [0.25, 0.3) is 0 Å². The van der Waals surface area contributed by atoms with Gasteiger partial charge in [0.25, 0.3) is 0 Å². The van der Waals surface area contributed by atoms with Crippen LogP contribution < -0.4 is 5.73 Å². The third-order valence-corrected chi connectivity index (χ3v) is 7.71. The topological polar surface area (TPSA) is 130 Å². The summed E-state index contributed by atoms with van der Waals surface area (Å²) < 4.78 is 61.3. The molecule has 0 radical (unpaired) electrons. The second-order valence-electron chi connectivity index (χ2n) is 10.9. The Morgan fingerprint density at radius 3 is 1.60 bits per heavy atom. The van der Waals surface area contributed by atoms with E-state index in [1.54, 1.807) is 26.0 Å². The van der Waals surface area contributed by atoms with Gasteiger partial charge in [0.1, 0.15) is 5.82 Å². The molecule has 2 heterocycles. The third kappa shape index (κ3) is 9.52. The standard InChI is InChI=1S/C17H16F2N2O2.C9H9F2N.C7H7ClN2O2/c1-2-23-16(22)11-9-20-15(21-10-11)8-17(5-6-17)12-3-4-13(18)14(19)7-12;10-7-2-1-6(5-8(7)11)9(12)3-4-9;1-2-12-6(11)5-3-9-7(8)10-4-5/h3-4,7,9-10H,2,5-6,8H2,1H3;1-2,5H,3-4,12H2;3-4H,2H2,1H3. The van der Waals surface area contributed by atoms with Crippen molar-refractivity contribution in [2.75, 3.05) is 13.2 Å². The van der Waals surface area contributed by atoms with Gasteiger partial charge in [0, 0.05) is 42.2 Å². The van der Waals surface area contributed by atoms with E-state index in [2.05, 4.69) is 19.9 Å². The Morgan fingerprint density at radius 2 is 1.17 bits per heavy atom. The maximum atomic E-state index is 13.4. The highest BCUT2D eigenvalue weighted by Gasteiger charge is 2.45. The summed E-state index contributed by atoms with van der Waals surface area (Å²) >= 11 is 5.42. The third-order valence-electron chi connectivity index (χ3n) is 7.51. The van der Waals surface area contributed by atoms with Gasteiger partial charge in [-0.3, -0.25) is 0 Å². The van der Waals surface area contributed by atoms with Crippen LogP contribution in [0.5, 0.6) is 0 Å². The van der Waals surface area contributed by atoms with Crippen LogP contribution in [0.15, 0.2) is 61.2 Å². The number of benzene rings is 2. The van der Waals surface area contributed by atoms with Crippen molar-refractivity contribution >= 4 is 23.5 Å². The minimum Gasteiger partial charge on any atom is -0.462 e. The molecule has 0 atom stereocenters. The summed E-state index contributed by atoms with van der Waals surface area (Å²) in [6, 6.07) is 7.86. The molecule has 2 fully saturated rings. The molecule has 2 aromatic carbocycles. The SMILES string of the molecule is CCOC(=O)c1cnc(CC2(c3ccc(F)c(F)c3)CC2)nc1.CCOC(=O)c1cnc(Cl)nc1.NC1(c2ccc(F)c(F)c2)CC1. The van der Waals surface area contributed by atoms with Crippen LogP contribution in [-0.4, -0.2) is 45.1 Å². The summed E-state index contributed by atoms with van der Waals surface area (Å²) in [4.78, 5) is 38.2. The Hall–Kier alpha value is -4.49. The van der Waals surface area contributed by atoms with Gasteiger partial charge >= 0.3 is 11.9 Å². The lowest BCUT2D eigenvalue weighted by molar-refractivity contribution is 0.0515. The number of aromatic nitrogens is 4. The molecule has 6 rings (SSSR count). The molecule has 0 saturated heterocycles. The molecule has 2 aliphatic rings. The summed E-state index contributed by atoms with van der Waals surface area (Å²) in [6.45, 7) is 4.09. The van der Waals surface area contributed by atoms with Crippen LogP contribution in [0.4, 0.5) is 17.6 Å². The largest absolute Gasteiger partial charge is 0.462 e. The van der Waals surface area contributed by atoms with Gasteiger partial charge in [-0.25, -0.2) is 47.1 Å². The molecule has 0 amide bonds. The van der Waals surface area contributed by atoms with Gasteiger partial charge in [-0.05, 0) is 86.5 Å². The number of carbonyl (C=O) groups is 2. The van der Waals surface area contributed by atoms with Crippen LogP contribution in [-0.2, 0) is 26.8 Å². The molecule has 2 aromatic heterocycles. The molecule has 0 spiro atoms. The lowest BCUT2D eigenvalue weighted by Gasteiger charge is -2.15. The fraction of sp³-hybridized carbons (Fsp3) is 0.333. The predicted octanol–water partition coefficient (Wildman–Crippen LogP) is 6.43. The zero-order valence-electron chi connectivity index (χ0n) is 25.6. The second kappa shape index (κ2) is 15.4. The summed E-state index contributed by atoms with van der Waals surface area (Å²) in [5.41, 5.74) is 7.24. The molecule has 0 bridgehead atoms.